The van der Waals surface area contributed by atoms with Crippen LogP contribution in [-0.4, -0.2) is 17.5 Å². The zero-order valence-electron chi connectivity index (χ0n) is 14.2. The van der Waals surface area contributed by atoms with Gasteiger partial charge in [-0.3, -0.25) is 8.42 Å². The van der Waals surface area contributed by atoms with Gasteiger partial charge < -0.3 is 9.11 Å². The molecule has 6 heteroatoms. The normalized spacial score (nSPS) is 10.9. The van der Waals surface area contributed by atoms with Gasteiger partial charge in [-0.2, -0.15) is 0 Å². The highest BCUT2D eigenvalue weighted by Gasteiger charge is 1.97. The first-order valence-electron chi connectivity index (χ1n) is 8.54. The molecule has 0 aliphatic heterocycles. The fraction of sp³-hybridized carbons (Fsp3) is 0.706. The third-order valence-corrected chi connectivity index (χ3v) is 3.55. The van der Waals surface area contributed by atoms with Crippen LogP contribution in [0.3, 0.4) is 0 Å². The van der Waals surface area contributed by atoms with Crippen molar-refractivity contribution in [3.05, 3.63) is 30.6 Å². The summed E-state index contributed by atoms with van der Waals surface area (Å²) in [6, 6.07) is 6.29. The molecule has 134 valence electrons. The number of rotatable bonds is 11. The Morgan fingerprint density at radius 2 is 1.13 bits per heavy atom. The number of aryl methyl sites for hydroxylation is 1. The topological polar surface area (TPSA) is 84.1 Å². The zero-order chi connectivity index (χ0) is 17.4. The minimum atomic E-state index is -5.17. The number of aromatic nitrogens is 1. The van der Waals surface area contributed by atoms with Gasteiger partial charge in [0.05, 0.1) is 0 Å². The summed E-state index contributed by atoms with van der Waals surface area (Å²) in [4.78, 5) is 0. The smallest absolute Gasteiger partial charge is 0.168 e. The lowest BCUT2D eigenvalue weighted by Crippen LogP contribution is -2.32. The molecule has 0 aliphatic carbocycles. The van der Waals surface area contributed by atoms with E-state index in [0.29, 0.717) is 0 Å². The molecule has 0 N–H and O–H groups in total. The first-order chi connectivity index (χ1) is 10.9. The van der Waals surface area contributed by atoms with Gasteiger partial charge in [0.2, 0.25) is 0 Å². The predicted molar refractivity (Wildman–Crippen MR) is 89.0 cm³/mol. The molecule has 0 unspecified atom stereocenters. The number of pyridine rings is 1. The van der Waals surface area contributed by atoms with Crippen molar-refractivity contribution in [2.45, 2.75) is 77.7 Å². The van der Waals surface area contributed by atoms with Crippen LogP contribution >= 0.6 is 0 Å². The Morgan fingerprint density at radius 1 is 0.739 bits per heavy atom. The van der Waals surface area contributed by atoms with Crippen molar-refractivity contribution in [2.24, 2.45) is 0 Å². The second-order valence-electron chi connectivity index (χ2n) is 5.70. The van der Waals surface area contributed by atoms with E-state index in [1.807, 2.05) is 0 Å². The highest BCUT2D eigenvalue weighted by atomic mass is 32.3. The first-order valence-corrected chi connectivity index (χ1v) is 9.87. The Labute approximate surface area is 141 Å². The van der Waals surface area contributed by atoms with Crippen molar-refractivity contribution >= 4 is 10.4 Å². The quantitative estimate of drug-likeness (QED) is 0.266. The summed E-state index contributed by atoms with van der Waals surface area (Å²) < 4.78 is 36.4. The van der Waals surface area contributed by atoms with Crippen LogP contribution in [0.1, 0.15) is 71.1 Å². The van der Waals surface area contributed by atoms with Crippen molar-refractivity contribution in [3.8, 4) is 0 Å². The molecule has 5 nitrogen and oxygen atoms in total. The zero-order valence-corrected chi connectivity index (χ0v) is 15.0. The molecule has 0 spiro atoms. The van der Waals surface area contributed by atoms with Crippen LogP contribution in [0.25, 0.3) is 0 Å². The van der Waals surface area contributed by atoms with Gasteiger partial charge in [-0.25, -0.2) is 4.57 Å². The summed E-state index contributed by atoms with van der Waals surface area (Å²) >= 11 is 0. The molecule has 0 fully saturated rings. The number of hydrogen-bond donors (Lipinski definition) is 0. The average Bonchev–Trinajstić information content (AvgIpc) is 2.48. The van der Waals surface area contributed by atoms with Gasteiger partial charge in [0, 0.05) is 29.0 Å². The van der Waals surface area contributed by atoms with E-state index in [-0.39, 0.29) is 0 Å². The van der Waals surface area contributed by atoms with E-state index in [2.05, 4.69) is 42.1 Å². The van der Waals surface area contributed by atoms with E-state index in [1.165, 1.54) is 70.8 Å². The van der Waals surface area contributed by atoms with Crippen LogP contribution < -0.4 is 4.57 Å². The van der Waals surface area contributed by atoms with Gasteiger partial charge in [-0.1, -0.05) is 64.4 Å². The lowest BCUT2D eigenvalue weighted by atomic mass is 10.1. The largest absolute Gasteiger partial charge is 0.759 e. The fourth-order valence-corrected chi connectivity index (χ4v) is 2.37. The summed E-state index contributed by atoms with van der Waals surface area (Å²) in [5, 5.41) is 0. The molecular weight excluding hydrogens is 314 g/mol. The molecule has 0 aromatic carbocycles. The molecule has 0 amide bonds. The van der Waals surface area contributed by atoms with E-state index < -0.39 is 10.4 Å². The average molecular weight is 344 g/mol. The molecule has 0 aliphatic rings. The van der Waals surface area contributed by atoms with Crippen molar-refractivity contribution in [1.29, 1.82) is 0 Å². The molecule has 1 heterocycles. The molecule has 23 heavy (non-hydrogen) atoms. The summed E-state index contributed by atoms with van der Waals surface area (Å²) in [7, 11) is -5.17. The van der Waals surface area contributed by atoms with Gasteiger partial charge in [-0.05, 0) is 6.42 Å². The molecule has 0 bridgehead atoms. The van der Waals surface area contributed by atoms with Crippen molar-refractivity contribution in [2.75, 3.05) is 0 Å². The van der Waals surface area contributed by atoms with Crippen LogP contribution in [0.2, 0.25) is 0 Å². The fourth-order valence-electron chi connectivity index (χ4n) is 2.37. The first kappa shape index (κ1) is 22.0. The lowest BCUT2D eigenvalue weighted by Gasteiger charge is -2.06. The van der Waals surface area contributed by atoms with E-state index in [4.69, 9.17) is 17.5 Å². The van der Waals surface area contributed by atoms with E-state index in [1.54, 1.807) is 0 Å². The molecule has 0 radical (unpaired) electrons. The minimum Gasteiger partial charge on any atom is -0.759 e. The Kier molecular flexibility index (Phi) is 14.0. The van der Waals surface area contributed by atoms with Crippen LogP contribution in [0, 0.1) is 0 Å². The highest BCUT2D eigenvalue weighted by molar-refractivity contribution is 7.79. The monoisotopic (exact) mass is 344 g/mol. The van der Waals surface area contributed by atoms with Crippen LogP contribution in [0.5, 0.6) is 0 Å². The highest BCUT2D eigenvalue weighted by Crippen LogP contribution is 2.10. The second-order valence-corrected chi connectivity index (χ2v) is 6.52. The van der Waals surface area contributed by atoms with Crippen LogP contribution in [-0.2, 0) is 16.9 Å². The van der Waals surface area contributed by atoms with Gasteiger partial charge in [-0.15, -0.1) is 0 Å². The molecule has 0 atom stereocenters. The predicted octanol–water partition coefficient (Wildman–Crippen LogP) is 3.56. The molecule has 0 saturated heterocycles. The summed E-state index contributed by atoms with van der Waals surface area (Å²) in [5.41, 5.74) is 0. The summed E-state index contributed by atoms with van der Waals surface area (Å²) in [5.74, 6) is 0. The maximum Gasteiger partial charge on any atom is 0.168 e. The Hall–Kier alpha value is -0.980. The van der Waals surface area contributed by atoms with Crippen molar-refractivity contribution in [1.82, 2.24) is 0 Å². The second kappa shape index (κ2) is 14.6. The van der Waals surface area contributed by atoms with Crippen molar-refractivity contribution in [3.63, 3.8) is 0 Å². The molecule has 1 aromatic rings. The van der Waals surface area contributed by atoms with Crippen LogP contribution in [0.15, 0.2) is 30.6 Å². The van der Waals surface area contributed by atoms with Crippen molar-refractivity contribution < 1.29 is 22.1 Å². The third-order valence-electron chi connectivity index (χ3n) is 3.55. The standard InChI is InChI=1S/C17H30N.H2O4S/c1-2-3-4-5-6-7-8-9-10-12-15-18-16-13-11-14-17-18;1-5(2,3)4/h11,13-14,16-17H,2-10,12,15H2,1H3;(H2,1,2,3,4)/q+1;/p-2. The Balaban J connectivity index is 0.000000841. The van der Waals surface area contributed by atoms with E-state index in [9.17, 15) is 0 Å². The molecule has 0 saturated carbocycles. The molecular formula is C17H30NO4S-. The van der Waals surface area contributed by atoms with Crippen LogP contribution in [0.4, 0.5) is 0 Å². The Bertz CT molecular complexity index is 455. The van der Waals surface area contributed by atoms with Gasteiger partial charge in [0.15, 0.2) is 12.4 Å². The van der Waals surface area contributed by atoms with Gasteiger partial charge in [0.25, 0.3) is 0 Å². The summed E-state index contributed by atoms with van der Waals surface area (Å²) in [6.45, 7) is 3.46. The SMILES string of the molecule is CCCCCCCCCCCC[n+]1ccccc1.O=S(=O)([O-])[O-]. The third kappa shape index (κ3) is 21.0. The number of unbranched alkanes of at least 4 members (excludes halogenated alkanes) is 9. The molecule has 1 aromatic heterocycles. The van der Waals surface area contributed by atoms with Gasteiger partial charge in [0.1, 0.15) is 6.54 Å². The minimum absolute atomic E-state index is 1.18. The number of nitrogens with zero attached hydrogens (tertiary/aromatic N) is 1. The van der Waals surface area contributed by atoms with E-state index in [0.717, 1.165) is 0 Å². The maximum atomic E-state index is 8.52. The van der Waals surface area contributed by atoms with E-state index >= 15 is 0 Å². The maximum absolute atomic E-state index is 8.52. The molecule has 1 rings (SSSR count). The Morgan fingerprint density at radius 3 is 1.57 bits per heavy atom. The lowest BCUT2D eigenvalue weighted by molar-refractivity contribution is -0.697. The number of hydrogen-bond acceptors (Lipinski definition) is 4. The summed E-state index contributed by atoms with van der Waals surface area (Å²) in [6.07, 6.45) is 18.5. The van der Waals surface area contributed by atoms with Gasteiger partial charge >= 0.3 is 0 Å².